The fourth-order valence-corrected chi connectivity index (χ4v) is 4.28. The van der Waals surface area contributed by atoms with Gasteiger partial charge in [0.25, 0.3) is 0 Å². The molecule has 1 atom stereocenters. The Morgan fingerprint density at radius 1 is 1.16 bits per heavy atom. The van der Waals surface area contributed by atoms with Crippen LogP contribution in [0.15, 0.2) is 29.2 Å². The van der Waals surface area contributed by atoms with Crippen LogP contribution in [0.3, 0.4) is 0 Å². The summed E-state index contributed by atoms with van der Waals surface area (Å²) in [6.45, 7) is 6.69. The van der Waals surface area contributed by atoms with Gasteiger partial charge in [0.05, 0.1) is 28.2 Å². The summed E-state index contributed by atoms with van der Waals surface area (Å²) in [6.07, 6.45) is 1.28. The Bertz CT molecular complexity index is 1330. The van der Waals surface area contributed by atoms with Crippen molar-refractivity contribution < 1.29 is 17.6 Å². The molecule has 1 aromatic carbocycles. The number of nitrogens with one attached hydrogen (secondary N) is 1. The highest BCUT2D eigenvalue weighted by molar-refractivity contribution is 5.69. The lowest BCUT2D eigenvalue weighted by atomic mass is 9.76. The van der Waals surface area contributed by atoms with Gasteiger partial charge in [0.1, 0.15) is 5.82 Å². The van der Waals surface area contributed by atoms with Gasteiger partial charge in [-0.2, -0.15) is 18.3 Å². The van der Waals surface area contributed by atoms with Crippen LogP contribution in [0.5, 0.6) is 0 Å². The molecular formula is C22H22F4N4O. The third kappa shape index (κ3) is 3.32. The minimum absolute atomic E-state index is 0.108. The van der Waals surface area contributed by atoms with Gasteiger partial charge in [-0.05, 0) is 44.5 Å². The molecule has 0 fully saturated rings. The molecule has 0 spiro atoms. The highest BCUT2D eigenvalue weighted by atomic mass is 19.4. The van der Waals surface area contributed by atoms with Gasteiger partial charge in [0, 0.05) is 29.6 Å². The molecule has 164 valence electrons. The molecular weight excluding hydrogens is 412 g/mol. The van der Waals surface area contributed by atoms with Gasteiger partial charge in [-0.3, -0.25) is 14.2 Å². The molecule has 3 aromatic rings. The van der Waals surface area contributed by atoms with Crippen LogP contribution in [0, 0.1) is 5.82 Å². The normalized spacial score (nSPS) is 18.4. The van der Waals surface area contributed by atoms with Crippen molar-refractivity contribution in [1.29, 1.82) is 0 Å². The van der Waals surface area contributed by atoms with Crippen molar-refractivity contribution in [2.45, 2.75) is 51.9 Å². The average molecular weight is 434 g/mol. The number of imidazole rings is 1. The summed E-state index contributed by atoms with van der Waals surface area (Å²) in [6, 6.07) is 2.33. The smallest absolute Gasteiger partial charge is 0.293 e. The third-order valence-corrected chi connectivity index (χ3v) is 5.93. The van der Waals surface area contributed by atoms with Crippen molar-refractivity contribution in [1.82, 2.24) is 19.3 Å². The Balaban J connectivity index is 1.92. The number of hydrogen-bond acceptors (Lipinski definition) is 2. The van der Waals surface area contributed by atoms with E-state index in [1.807, 2.05) is 32.9 Å². The molecule has 31 heavy (non-hydrogen) atoms. The fraction of sp³-hybridized carbons (Fsp3) is 0.364. The van der Waals surface area contributed by atoms with E-state index in [1.54, 1.807) is 9.13 Å². The van der Waals surface area contributed by atoms with Gasteiger partial charge in [-0.1, -0.05) is 13.0 Å². The van der Waals surface area contributed by atoms with E-state index >= 15 is 0 Å². The van der Waals surface area contributed by atoms with Crippen LogP contribution < -0.4 is 16.4 Å². The summed E-state index contributed by atoms with van der Waals surface area (Å²) in [4.78, 5) is 12.7. The first-order valence-corrected chi connectivity index (χ1v) is 10.0. The first-order chi connectivity index (χ1) is 14.6. The van der Waals surface area contributed by atoms with E-state index in [9.17, 15) is 22.4 Å². The highest BCUT2D eigenvalue weighted by Gasteiger charge is 2.34. The van der Waals surface area contributed by atoms with Crippen molar-refractivity contribution >= 4 is 12.2 Å². The standard InChI is InChI=1S/C22H22F4N4O/c1-4-29-17-8-9-21(3,11-18(17)30(5-2)20(29)31)15-12-27-28-19(15)14-10-13(22(24,25)26)6-7-16(14)23/h6-8,10-12H,4-5,9H2,1-3H3,(H,27,28). The summed E-state index contributed by atoms with van der Waals surface area (Å²) in [5, 5.41) is 8.26. The number of rotatable bonds is 4. The number of nitrogens with zero attached hydrogens (tertiary/aromatic N) is 3. The minimum Gasteiger partial charge on any atom is -0.293 e. The van der Waals surface area contributed by atoms with E-state index in [2.05, 4.69) is 10.2 Å². The van der Waals surface area contributed by atoms with E-state index in [4.69, 9.17) is 0 Å². The maximum Gasteiger partial charge on any atom is 0.416 e. The highest BCUT2D eigenvalue weighted by Crippen LogP contribution is 2.39. The van der Waals surface area contributed by atoms with Crippen molar-refractivity contribution in [3.05, 3.63) is 62.5 Å². The number of alkyl halides is 3. The molecule has 0 saturated carbocycles. The second kappa shape index (κ2) is 7.25. The number of H-pyrrole nitrogens is 1. The van der Waals surface area contributed by atoms with Gasteiger partial charge < -0.3 is 0 Å². The molecule has 0 saturated heterocycles. The van der Waals surface area contributed by atoms with E-state index < -0.39 is 23.0 Å². The van der Waals surface area contributed by atoms with E-state index in [-0.39, 0.29) is 16.9 Å². The first kappa shape index (κ1) is 21.1. The Labute approximate surface area is 175 Å². The predicted molar refractivity (Wildman–Crippen MR) is 109 cm³/mol. The monoisotopic (exact) mass is 434 g/mol. The van der Waals surface area contributed by atoms with Crippen LogP contribution in [0.4, 0.5) is 17.6 Å². The Morgan fingerprint density at radius 2 is 1.84 bits per heavy atom. The lowest BCUT2D eigenvalue weighted by molar-refractivity contribution is -0.137. The molecule has 9 heteroatoms. The fourth-order valence-electron chi connectivity index (χ4n) is 4.28. The zero-order valence-electron chi connectivity index (χ0n) is 17.3. The van der Waals surface area contributed by atoms with Crippen LogP contribution in [0.25, 0.3) is 23.4 Å². The zero-order chi connectivity index (χ0) is 22.6. The maximum atomic E-state index is 14.6. The molecule has 1 unspecified atom stereocenters. The molecule has 1 N–H and O–H groups in total. The van der Waals surface area contributed by atoms with Crippen LogP contribution >= 0.6 is 0 Å². The lowest BCUT2D eigenvalue weighted by Gasteiger charge is -2.27. The van der Waals surface area contributed by atoms with Crippen molar-refractivity contribution in [3.63, 3.8) is 0 Å². The van der Waals surface area contributed by atoms with Crippen LogP contribution in [0.1, 0.15) is 38.3 Å². The van der Waals surface area contributed by atoms with Crippen LogP contribution in [0.2, 0.25) is 0 Å². The number of fused-ring (bicyclic) bond motifs is 1. The molecule has 0 aliphatic heterocycles. The van der Waals surface area contributed by atoms with Gasteiger partial charge in [0.2, 0.25) is 0 Å². The summed E-state index contributed by atoms with van der Waals surface area (Å²) in [5.41, 5.74) is -1.17. The second-order valence-corrected chi connectivity index (χ2v) is 7.86. The maximum absolute atomic E-state index is 14.6. The van der Waals surface area contributed by atoms with Crippen molar-refractivity contribution in [2.24, 2.45) is 0 Å². The van der Waals surface area contributed by atoms with E-state index in [0.717, 1.165) is 28.9 Å². The Kier molecular flexibility index (Phi) is 4.94. The molecule has 0 amide bonds. The second-order valence-electron chi connectivity index (χ2n) is 7.86. The number of benzene rings is 1. The average Bonchev–Trinajstić information content (AvgIpc) is 3.29. The predicted octanol–water partition coefficient (Wildman–Crippen LogP) is 3.16. The number of hydrogen-bond donors (Lipinski definition) is 1. The Hall–Kier alpha value is -3.10. The molecule has 1 aliphatic carbocycles. The topological polar surface area (TPSA) is 55.6 Å². The number of halogens is 4. The van der Waals surface area contributed by atoms with Gasteiger partial charge in [-0.25, -0.2) is 9.18 Å². The quantitative estimate of drug-likeness (QED) is 0.642. The molecule has 2 heterocycles. The molecule has 5 nitrogen and oxygen atoms in total. The molecule has 4 rings (SSSR count). The summed E-state index contributed by atoms with van der Waals surface area (Å²) in [7, 11) is 0. The summed E-state index contributed by atoms with van der Waals surface area (Å²) >= 11 is 0. The largest absolute Gasteiger partial charge is 0.416 e. The van der Waals surface area contributed by atoms with E-state index in [0.29, 0.717) is 25.1 Å². The van der Waals surface area contributed by atoms with Crippen molar-refractivity contribution in [2.75, 3.05) is 0 Å². The molecule has 0 radical (unpaired) electrons. The van der Waals surface area contributed by atoms with Crippen molar-refractivity contribution in [3.8, 4) is 11.3 Å². The van der Waals surface area contributed by atoms with E-state index in [1.165, 1.54) is 6.20 Å². The van der Waals surface area contributed by atoms with Gasteiger partial charge in [-0.15, -0.1) is 0 Å². The summed E-state index contributed by atoms with van der Waals surface area (Å²) < 4.78 is 57.5. The first-order valence-electron chi connectivity index (χ1n) is 10.0. The zero-order valence-corrected chi connectivity index (χ0v) is 17.3. The van der Waals surface area contributed by atoms with Crippen LogP contribution in [-0.4, -0.2) is 19.3 Å². The number of aromatic nitrogens is 4. The number of aromatic amines is 1. The minimum atomic E-state index is -4.59. The van der Waals surface area contributed by atoms with Gasteiger partial charge in [0.15, 0.2) is 0 Å². The van der Waals surface area contributed by atoms with Crippen LogP contribution in [-0.2, 0) is 24.7 Å². The Morgan fingerprint density at radius 3 is 2.48 bits per heavy atom. The molecule has 2 aromatic heterocycles. The lowest BCUT2D eigenvalue weighted by Crippen LogP contribution is -2.40. The summed E-state index contributed by atoms with van der Waals surface area (Å²) in [5.74, 6) is -0.773. The third-order valence-electron chi connectivity index (χ3n) is 5.93. The molecule has 0 bridgehead atoms. The molecule has 1 aliphatic rings. The van der Waals surface area contributed by atoms with Gasteiger partial charge >= 0.3 is 11.9 Å². The SMILES string of the molecule is CCn1c2c(n(CC)c1=O)=CC(C)(c1cn[nH]c1-c1cc(C(F)(F)F)ccc1F)CC=2.